The van der Waals surface area contributed by atoms with E-state index in [1.165, 1.54) is 23.3 Å². The predicted molar refractivity (Wildman–Crippen MR) is 122 cm³/mol. The quantitative estimate of drug-likeness (QED) is 0.496. The van der Waals surface area contributed by atoms with E-state index in [9.17, 15) is 18.0 Å². The number of carbonyl (C=O) groups is 2. The van der Waals surface area contributed by atoms with E-state index in [2.05, 4.69) is 10.0 Å². The third-order valence-corrected chi connectivity index (χ3v) is 6.15. The average molecular weight is 472 g/mol. The Labute approximate surface area is 192 Å². The minimum absolute atomic E-state index is 0.000695. The van der Waals surface area contributed by atoms with E-state index in [1.54, 1.807) is 63.5 Å². The Morgan fingerprint density at radius 3 is 2.42 bits per heavy atom. The molecule has 2 aromatic carbocycles. The van der Waals surface area contributed by atoms with Gasteiger partial charge in [0.2, 0.25) is 10.0 Å². The molecule has 2 N–H and O–H groups in total. The summed E-state index contributed by atoms with van der Waals surface area (Å²) in [5, 5.41) is 2.74. The minimum atomic E-state index is -3.84. The summed E-state index contributed by atoms with van der Waals surface area (Å²) >= 11 is 0. The Kier molecular flexibility index (Phi) is 7.52. The smallest absolute Gasteiger partial charge is 0.259 e. The number of sulfonamides is 1. The van der Waals surface area contributed by atoms with Crippen LogP contribution in [0.1, 0.15) is 21.7 Å². The second kappa shape index (κ2) is 10.3. The molecule has 10 heteroatoms. The summed E-state index contributed by atoms with van der Waals surface area (Å²) in [7, 11) is -0.564. The lowest BCUT2D eigenvalue weighted by Crippen LogP contribution is -2.27. The Balaban J connectivity index is 1.67. The van der Waals surface area contributed by atoms with Gasteiger partial charge in [0.05, 0.1) is 17.7 Å². The number of rotatable bonds is 9. The number of likely N-dealkylation sites (N-methyl/N-ethyl adjacent to an activating group) is 1. The molecule has 0 saturated carbocycles. The Hall–Kier alpha value is -3.63. The van der Waals surface area contributed by atoms with Crippen LogP contribution in [-0.4, -0.2) is 45.8 Å². The number of nitrogens with zero attached hydrogens (tertiary/aromatic N) is 1. The maximum Gasteiger partial charge on any atom is 0.259 e. The summed E-state index contributed by atoms with van der Waals surface area (Å²) in [5.41, 5.74) is 1.35. The van der Waals surface area contributed by atoms with Crippen LogP contribution in [0.25, 0.3) is 0 Å². The fraction of sp³-hybridized carbons (Fsp3) is 0.217. The van der Waals surface area contributed by atoms with E-state index in [4.69, 9.17) is 9.15 Å². The molecule has 33 heavy (non-hydrogen) atoms. The van der Waals surface area contributed by atoms with Crippen LogP contribution in [-0.2, 0) is 21.4 Å². The third-order valence-electron chi connectivity index (χ3n) is 4.75. The van der Waals surface area contributed by atoms with Gasteiger partial charge in [0.15, 0.2) is 6.61 Å². The van der Waals surface area contributed by atoms with Crippen molar-refractivity contribution in [1.29, 1.82) is 0 Å². The SMILES string of the molecule is Cc1ccc(S(=O)(=O)NCc2ccco2)cc1C(=O)Nc1ccc(OCC(=O)N(C)C)cc1. The molecule has 0 atom stereocenters. The van der Waals surface area contributed by atoms with Crippen molar-refractivity contribution in [1.82, 2.24) is 9.62 Å². The van der Waals surface area contributed by atoms with Gasteiger partial charge in [-0.3, -0.25) is 9.59 Å². The van der Waals surface area contributed by atoms with Crippen LogP contribution in [0.2, 0.25) is 0 Å². The van der Waals surface area contributed by atoms with Crippen molar-refractivity contribution in [2.75, 3.05) is 26.0 Å². The molecule has 0 saturated heterocycles. The van der Waals surface area contributed by atoms with Crippen molar-refractivity contribution in [2.45, 2.75) is 18.4 Å². The highest BCUT2D eigenvalue weighted by Gasteiger charge is 2.18. The monoisotopic (exact) mass is 471 g/mol. The van der Waals surface area contributed by atoms with E-state index in [-0.39, 0.29) is 29.5 Å². The predicted octanol–water partition coefficient (Wildman–Crippen LogP) is 2.79. The standard InChI is InChI=1S/C23H25N3O6S/c1-16-6-11-20(33(29,30)24-14-19-5-4-12-31-19)13-21(16)23(28)25-17-7-9-18(10-8-17)32-15-22(27)26(2)3/h4-13,24H,14-15H2,1-3H3,(H,25,28). The zero-order valence-corrected chi connectivity index (χ0v) is 19.3. The van der Waals surface area contributed by atoms with Crippen molar-refractivity contribution in [3.63, 3.8) is 0 Å². The summed E-state index contributed by atoms with van der Waals surface area (Å²) in [6.07, 6.45) is 1.46. The van der Waals surface area contributed by atoms with Crippen molar-refractivity contribution in [3.8, 4) is 5.75 Å². The second-order valence-electron chi connectivity index (χ2n) is 7.44. The Morgan fingerprint density at radius 2 is 1.79 bits per heavy atom. The second-order valence-corrected chi connectivity index (χ2v) is 9.20. The molecule has 3 aromatic rings. The largest absolute Gasteiger partial charge is 0.484 e. The van der Waals surface area contributed by atoms with E-state index in [0.717, 1.165) is 0 Å². The first-order valence-electron chi connectivity index (χ1n) is 10.0. The molecule has 2 amide bonds. The van der Waals surface area contributed by atoms with E-state index in [0.29, 0.717) is 22.8 Å². The number of aryl methyl sites for hydroxylation is 1. The van der Waals surface area contributed by atoms with E-state index < -0.39 is 15.9 Å². The zero-order chi connectivity index (χ0) is 24.0. The molecule has 0 aliphatic carbocycles. The molecule has 0 aliphatic heterocycles. The van der Waals surface area contributed by atoms with Crippen LogP contribution in [0.4, 0.5) is 5.69 Å². The number of hydrogen-bond donors (Lipinski definition) is 2. The van der Waals surface area contributed by atoms with Gasteiger partial charge in [-0.05, 0) is 61.0 Å². The molecule has 0 bridgehead atoms. The molecule has 0 aliphatic rings. The normalized spacial score (nSPS) is 11.1. The number of hydrogen-bond acceptors (Lipinski definition) is 6. The van der Waals surface area contributed by atoms with Crippen LogP contribution in [0.5, 0.6) is 5.75 Å². The molecule has 174 valence electrons. The van der Waals surface area contributed by atoms with E-state index >= 15 is 0 Å². The Morgan fingerprint density at radius 1 is 1.06 bits per heavy atom. The van der Waals surface area contributed by atoms with Gasteiger partial charge in [0.1, 0.15) is 11.5 Å². The number of amides is 2. The van der Waals surface area contributed by atoms with Gasteiger partial charge >= 0.3 is 0 Å². The molecule has 3 rings (SSSR count). The minimum Gasteiger partial charge on any atom is -0.484 e. The van der Waals surface area contributed by atoms with Crippen molar-refractivity contribution < 1.29 is 27.2 Å². The highest BCUT2D eigenvalue weighted by atomic mass is 32.2. The lowest BCUT2D eigenvalue weighted by molar-refractivity contribution is -0.130. The number of ether oxygens (including phenoxy) is 1. The van der Waals surface area contributed by atoms with Gasteiger partial charge in [-0.2, -0.15) is 0 Å². The van der Waals surface area contributed by atoms with Crippen LogP contribution >= 0.6 is 0 Å². The molecule has 1 heterocycles. The van der Waals surface area contributed by atoms with Gasteiger partial charge < -0.3 is 19.4 Å². The topological polar surface area (TPSA) is 118 Å². The number of carbonyl (C=O) groups excluding carboxylic acids is 2. The fourth-order valence-corrected chi connectivity index (χ4v) is 3.80. The molecule has 1 aromatic heterocycles. The van der Waals surface area contributed by atoms with Crippen molar-refractivity contribution in [3.05, 3.63) is 77.7 Å². The fourth-order valence-electron chi connectivity index (χ4n) is 2.78. The van der Waals surface area contributed by atoms with Gasteiger partial charge in [-0.15, -0.1) is 0 Å². The number of furan rings is 1. The van der Waals surface area contributed by atoms with E-state index in [1.807, 2.05) is 0 Å². The van der Waals surface area contributed by atoms with Crippen molar-refractivity contribution >= 4 is 27.5 Å². The molecule has 9 nitrogen and oxygen atoms in total. The third kappa shape index (κ3) is 6.43. The molecular weight excluding hydrogens is 446 g/mol. The summed E-state index contributed by atoms with van der Waals surface area (Å²) in [5.74, 6) is 0.334. The lowest BCUT2D eigenvalue weighted by Gasteiger charge is -2.12. The lowest BCUT2D eigenvalue weighted by atomic mass is 10.1. The first kappa shape index (κ1) is 24.0. The van der Waals surface area contributed by atoms with Crippen LogP contribution in [0.3, 0.4) is 0 Å². The summed E-state index contributed by atoms with van der Waals surface area (Å²) < 4.78 is 38.3. The average Bonchev–Trinajstić information content (AvgIpc) is 3.31. The van der Waals surface area contributed by atoms with Gasteiger partial charge in [-0.1, -0.05) is 6.07 Å². The van der Waals surface area contributed by atoms with Crippen molar-refractivity contribution in [2.24, 2.45) is 0 Å². The van der Waals surface area contributed by atoms with Gasteiger partial charge in [0, 0.05) is 25.3 Å². The zero-order valence-electron chi connectivity index (χ0n) is 18.5. The molecule has 0 fully saturated rings. The highest BCUT2D eigenvalue weighted by Crippen LogP contribution is 2.20. The van der Waals surface area contributed by atoms with Crippen LogP contribution in [0.15, 0.2) is 70.2 Å². The maximum atomic E-state index is 12.8. The molecular formula is C23H25N3O6S. The molecule has 0 unspecified atom stereocenters. The van der Waals surface area contributed by atoms with Gasteiger partial charge in [0.25, 0.3) is 11.8 Å². The van der Waals surface area contributed by atoms with Crippen LogP contribution < -0.4 is 14.8 Å². The Bertz CT molecular complexity index is 1220. The number of anilines is 1. The number of benzene rings is 2. The highest BCUT2D eigenvalue weighted by molar-refractivity contribution is 7.89. The van der Waals surface area contributed by atoms with Gasteiger partial charge in [-0.25, -0.2) is 13.1 Å². The summed E-state index contributed by atoms with van der Waals surface area (Å²) in [6.45, 7) is 1.63. The first-order valence-corrected chi connectivity index (χ1v) is 11.5. The summed E-state index contributed by atoms with van der Waals surface area (Å²) in [6, 6.07) is 14.2. The molecule has 0 radical (unpaired) electrons. The molecule has 0 spiro atoms. The number of nitrogens with one attached hydrogen (secondary N) is 2. The summed E-state index contributed by atoms with van der Waals surface area (Å²) in [4.78, 5) is 25.8. The first-order chi connectivity index (χ1) is 15.7. The van der Waals surface area contributed by atoms with Crippen LogP contribution in [0, 0.1) is 6.92 Å². The maximum absolute atomic E-state index is 12.8.